The third-order valence-electron chi connectivity index (χ3n) is 4.69. The lowest BCUT2D eigenvalue weighted by atomic mass is 9.88. The van der Waals surface area contributed by atoms with E-state index in [0.29, 0.717) is 5.92 Å². The van der Waals surface area contributed by atoms with Crippen molar-refractivity contribution in [3.8, 4) is 0 Å². The van der Waals surface area contributed by atoms with E-state index in [-0.39, 0.29) is 5.78 Å². The van der Waals surface area contributed by atoms with Crippen molar-refractivity contribution >= 4 is 5.78 Å². The number of hydrogen-bond acceptors (Lipinski definition) is 1. The van der Waals surface area contributed by atoms with E-state index >= 15 is 0 Å². The van der Waals surface area contributed by atoms with E-state index in [0.717, 1.165) is 0 Å². The first-order chi connectivity index (χ1) is 15.0. The van der Waals surface area contributed by atoms with Crippen LogP contribution in [0.4, 0.5) is 0 Å². The summed E-state index contributed by atoms with van der Waals surface area (Å²) in [6.07, 6.45) is 12.1. The molecule has 2 rings (SSSR count). The molecule has 2 aromatic carbocycles. The molecule has 176 valence electrons. The minimum Gasteiger partial charge on any atom is -0.300 e. The highest BCUT2D eigenvalue weighted by atomic mass is 16.1. The van der Waals surface area contributed by atoms with Crippen LogP contribution in [0.15, 0.2) is 60.7 Å². The summed E-state index contributed by atoms with van der Waals surface area (Å²) < 4.78 is 0. The second-order valence-electron chi connectivity index (χ2n) is 8.13. The fraction of sp³-hybridized carbons (Fsp3) is 0.567. The van der Waals surface area contributed by atoms with Crippen molar-refractivity contribution in [1.29, 1.82) is 0 Å². The molecule has 0 aliphatic heterocycles. The van der Waals surface area contributed by atoms with E-state index in [1.807, 2.05) is 0 Å². The maximum Gasteiger partial charge on any atom is 0.126 e. The Balaban J connectivity index is 0. The van der Waals surface area contributed by atoms with Gasteiger partial charge in [0.25, 0.3) is 0 Å². The van der Waals surface area contributed by atoms with Gasteiger partial charge in [0.05, 0.1) is 0 Å². The second kappa shape index (κ2) is 24.4. The lowest BCUT2D eigenvalue weighted by Gasteiger charge is -2.17. The molecule has 0 bridgehead atoms. The smallest absolute Gasteiger partial charge is 0.126 e. The van der Waals surface area contributed by atoms with Gasteiger partial charge in [0, 0.05) is 5.92 Å². The van der Waals surface area contributed by atoms with E-state index < -0.39 is 0 Å². The molecule has 0 unspecified atom stereocenters. The van der Waals surface area contributed by atoms with Crippen LogP contribution in [0.3, 0.4) is 0 Å². The topological polar surface area (TPSA) is 17.1 Å². The normalized spacial score (nSPS) is 9.42. The largest absolute Gasteiger partial charge is 0.300 e. The molecule has 1 heteroatoms. The van der Waals surface area contributed by atoms with Gasteiger partial charge in [0.2, 0.25) is 0 Å². The molecule has 0 fully saturated rings. The minimum atomic E-state index is 0.167. The zero-order valence-corrected chi connectivity index (χ0v) is 21.6. The average Bonchev–Trinajstić information content (AvgIpc) is 2.79. The van der Waals surface area contributed by atoms with Gasteiger partial charge in [-0.3, -0.25) is 0 Å². The predicted octanol–water partition coefficient (Wildman–Crippen LogP) is 10.00. The Morgan fingerprint density at radius 3 is 1.19 bits per heavy atom. The van der Waals surface area contributed by atoms with Crippen LogP contribution in [-0.4, -0.2) is 5.78 Å². The van der Waals surface area contributed by atoms with Gasteiger partial charge in [0.1, 0.15) is 5.78 Å². The molecule has 31 heavy (non-hydrogen) atoms. The number of carbonyl (C=O) groups is 1. The molecule has 0 atom stereocenters. The predicted molar refractivity (Wildman–Crippen MR) is 141 cm³/mol. The van der Waals surface area contributed by atoms with Gasteiger partial charge in [-0.15, -0.1) is 0 Å². The van der Waals surface area contributed by atoms with Crippen molar-refractivity contribution in [2.24, 2.45) is 0 Å². The third kappa shape index (κ3) is 21.1. The molecular weight excluding hydrogens is 376 g/mol. The van der Waals surface area contributed by atoms with Gasteiger partial charge >= 0.3 is 0 Å². The van der Waals surface area contributed by atoms with Crippen molar-refractivity contribution in [2.45, 2.75) is 112 Å². The van der Waals surface area contributed by atoms with Crippen LogP contribution in [0, 0.1) is 0 Å². The molecular formula is C30H50O. The Labute approximate surface area is 194 Å². The molecule has 2 aromatic rings. The number of rotatable bonds is 9. The van der Waals surface area contributed by atoms with Crippen molar-refractivity contribution in [2.75, 3.05) is 0 Å². The molecule has 0 aliphatic rings. The van der Waals surface area contributed by atoms with Crippen molar-refractivity contribution in [3.63, 3.8) is 0 Å². The van der Waals surface area contributed by atoms with Crippen LogP contribution in [-0.2, 0) is 4.79 Å². The summed E-state index contributed by atoms with van der Waals surface area (Å²) in [5.74, 6) is 0.715. The van der Waals surface area contributed by atoms with E-state index in [2.05, 4.69) is 95.3 Å². The van der Waals surface area contributed by atoms with Gasteiger partial charge in [-0.05, 0) is 31.4 Å². The highest BCUT2D eigenvalue weighted by molar-refractivity contribution is 5.72. The third-order valence-corrected chi connectivity index (χ3v) is 4.69. The van der Waals surface area contributed by atoms with Crippen molar-refractivity contribution in [3.05, 3.63) is 71.8 Å². The number of unbranched alkanes of at least 4 members (excludes halogenated alkanes) is 5. The zero-order valence-electron chi connectivity index (χ0n) is 21.6. The van der Waals surface area contributed by atoms with Crippen LogP contribution in [0.2, 0.25) is 0 Å². The lowest BCUT2D eigenvalue weighted by Crippen LogP contribution is -2.00. The van der Waals surface area contributed by atoms with Crippen molar-refractivity contribution < 1.29 is 4.79 Å². The summed E-state index contributed by atoms with van der Waals surface area (Å²) in [5, 5.41) is 0. The Morgan fingerprint density at radius 1 is 0.581 bits per heavy atom. The summed E-state index contributed by atoms with van der Waals surface area (Å²) in [6, 6.07) is 21.6. The summed E-state index contributed by atoms with van der Waals surface area (Å²) in [5.41, 5.74) is 2.85. The Bertz CT molecular complexity index is 539. The summed E-state index contributed by atoms with van der Waals surface area (Å²) in [7, 11) is 0. The molecule has 0 saturated heterocycles. The molecule has 0 heterocycles. The maximum absolute atomic E-state index is 9.44. The second-order valence-corrected chi connectivity index (χ2v) is 8.13. The monoisotopic (exact) mass is 426 g/mol. The first kappa shape index (κ1) is 31.3. The molecule has 1 nitrogen and oxygen atoms in total. The quantitative estimate of drug-likeness (QED) is 0.364. The maximum atomic E-state index is 9.44. The average molecular weight is 427 g/mol. The first-order valence-corrected chi connectivity index (χ1v) is 12.5. The van der Waals surface area contributed by atoms with Gasteiger partial charge in [0.15, 0.2) is 0 Å². The number of carbonyl (C=O) groups excluding carboxylic acids is 1. The van der Waals surface area contributed by atoms with Crippen LogP contribution >= 0.6 is 0 Å². The van der Waals surface area contributed by atoms with Crippen molar-refractivity contribution in [1.82, 2.24) is 0 Å². The summed E-state index contributed by atoms with van der Waals surface area (Å²) >= 11 is 0. The van der Waals surface area contributed by atoms with Gasteiger partial charge in [-0.1, -0.05) is 147 Å². The highest BCUT2D eigenvalue weighted by Gasteiger charge is 2.11. The number of benzene rings is 2. The molecule has 0 amide bonds. The minimum absolute atomic E-state index is 0.167. The van der Waals surface area contributed by atoms with E-state index in [4.69, 9.17) is 0 Å². The van der Waals surface area contributed by atoms with Crippen LogP contribution in [0.25, 0.3) is 0 Å². The van der Waals surface area contributed by atoms with E-state index in [1.54, 1.807) is 0 Å². The van der Waals surface area contributed by atoms with E-state index in [9.17, 15) is 4.79 Å². The Kier molecular flexibility index (Phi) is 24.6. The van der Waals surface area contributed by atoms with Crippen LogP contribution < -0.4 is 0 Å². The molecule has 0 aliphatic carbocycles. The molecule has 0 radical (unpaired) electrons. The zero-order chi connectivity index (χ0) is 23.7. The molecule has 0 N–H and O–H groups in total. The van der Waals surface area contributed by atoms with Crippen LogP contribution in [0.5, 0.6) is 0 Å². The number of hydrogen-bond donors (Lipinski definition) is 0. The first-order valence-electron chi connectivity index (χ1n) is 12.5. The van der Waals surface area contributed by atoms with E-state index in [1.165, 1.54) is 82.8 Å². The van der Waals surface area contributed by atoms with Gasteiger partial charge in [-0.2, -0.15) is 0 Å². The fourth-order valence-electron chi connectivity index (χ4n) is 2.86. The number of Topliss-reactive ketones (excluding diaryl/α,β-unsaturated/α-hetero) is 1. The van der Waals surface area contributed by atoms with Gasteiger partial charge in [-0.25, -0.2) is 0 Å². The van der Waals surface area contributed by atoms with Gasteiger partial charge < -0.3 is 4.79 Å². The molecule has 0 aromatic heterocycles. The summed E-state index contributed by atoms with van der Waals surface area (Å²) in [4.78, 5) is 9.44. The molecule has 0 saturated carbocycles. The SMILES string of the molecule is CC(C)=O.CCCC.CCCC(c1ccccc1)c1ccccc1.CCCCCCC. The Hall–Kier alpha value is -1.89. The number of ketones is 1. The molecule has 0 spiro atoms. The fourth-order valence-corrected chi connectivity index (χ4v) is 2.86. The Morgan fingerprint density at radius 2 is 0.935 bits per heavy atom. The summed E-state index contributed by atoms with van der Waals surface area (Å²) in [6.45, 7) is 14.2. The standard InChI is InChI=1S/C16H18.C7H16.C4H10.C3H6O/c1-2-9-16(14-10-5-3-6-11-14)15-12-7-4-8-13-15;1-3-5-7-6-4-2;1-3-4-2;1-3(2)4/h3-8,10-13,16H,2,9H2,1H3;3-7H2,1-2H3;3-4H2,1-2H3;1-2H3. The highest BCUT2D eigenvalue weighted by Crippen LogP contribution is 2.28. The van der Waals surface area contributed by atoms with Crippen LogP contribution in [0.1, 0.15) is 123 Å². The lowest BCUT2D eigenvalue weighted by molar-refractivity contribution is -0.114.